The zero-order valence-electron chi connectivity index (χ0n) is 10.8. The second kappa shape index (κ2) is 4.72. The normalized spacial score (nSPS) is 28.6. The molecule has 0 bridgehead atoms. The van der Waals surface area contributed by atoms with E-state index in [-0.39, 0.29) is 11.4 Å². The van der Waals surface area contributed by atoms with Crippen LogP contribution in [-0.4, -0.2) is 30.7 Å². The largest absolute Gasteiger partial charge is 0.459 e. The molecule has 4 nitrogen and oxygen atoms in total. The summed E-state index contributed by atoms with van der Waals surface area (Å²) in [5, 5.41) is 3.29. The first kappa shape index (κ1) is 13.5. The molecule has 0 aliphatic carbocycles. The molecule has 16 heavy (non-hydrogen) atoms. The van der Waals surface area contributed by atoms with E-state index in [1.54, 1.807) is 0 Å². The van der Waals surface area contributed by atoms with Gasteiger partial charge in [0.1, 0.15) is 11.6 Å². The molecular formula is C12H24N2O2. The van der Waals surface area contributed by atoms with Crippen LogP contribution in [0.3, 0.4) is 0 Å². The van der Waals surface area contributed by atoms with Crippen LogP contribution >= 0.6 is 0 Å². The van der Waals surface area contributed by atoms with Gasteiger partial charge in [0.05, 0.1) is 0 Å². The molecule has 0 aromatic heterocycles. The first-order chi connectivity index (χ1) is 7.25. The molecule has 1 aliphatic heterocycles. The summed E-state index contributed by atoms with van der Waals surface area (Å²) >= 11 is 0. The van der Waals surface area contributed by atoms with Gasteiger partial charge in [0.15, 0.2) is 0 Å². The molecule has 0 aromatic carbocycles. The van der Waals surface area contributed by atoms with Crippen LogP contribution in [0.25, 0.3) is 0 Å². The van der Waals surface area contributed by atoms with Crippen LogP contribution in [0.5, 0.6) is 0 Å². The lowest BCUT2D eigenvalue weighted by molar-refractivity contribution is -0.160. The minimum absolute atomic E-state index is 0.180. The molecule has 1 rings (SSSR count). The average Bonchev–Trinajstić information content (AvgIpc) is 2.15. The highest BCUT2D eigenvalue weighted by Crippen LogP contribution is 2.29. The van der Waals surface area contributed by atoms with E-state index in [4.69, 9.17) is 10.5 Å². The Bertz CT molecular complexity index is 252. The molecule has 1 aliphatic rings. The molecule has 3 N–H and O–H groups in total. The fourth-order valence-corrected chi connectivity index (χ4v) is 1.99. The van der Waals surface area contributed by atoms with E-state index in [1.807, 2.05) is 27.7 Å². The van der Waals surface area contributed by atoms with Crippen LogP contribution in [0, 0.1) is 5.41 Å². The molecule has 4 heteroatoms. The maximum Gasteiger partial charge on any atom is 0.324 e. The maximum atomic E-state index is 11.9. The summed E-state index contributed by atoms with van der Waals surface area (Å²) in [7, 11) is 0. The Morgan fingerprint density at radius 1 is 1.50 bits per heavy atom. The van der Waals surface area contributed by atoms with Crippen molar-refractivity contribution in [1.82, 2.24) is 5.32 Å². The Kier molecular flexibility index (Phi) is 3.97. The summed E-state index contributed by atoms with van der Waals surface area (Å²) in [6.07, 6.45) is 2.04. The number of carbonyl (C=O) groups excluding carboxylic acids is 1. The molecular weight excluding hydrogens is 204 g/mol. The fraction of sp³-hybridized carbons (Fsp3) is 0.917. The predicted molar refractivity (Wildman–Crippen MR) is 64.0 cm³/mol. The summed E-state index contributed by atoms with van der Waals surface area (Å²) in [6, 6.07) is -0.542. The monoisotopic (exact) mass is 228 g/mol. The fourth-order valence-electron chi connectivity index (χ4n) is 1.99. The van der Waals surface area contributed by atoms with E-state index in [9.17, 15) is 4.79 Å². The number of carbonyl (C=O) groups is 1. The van der Waals surface area contributed by atoms with Crippen LogP contribution in [0.1, 0.15) is 40.5 Å². The first-order valence-corrected chi connectivity index (χ1v) is 5.94. The molecule has 0 unspecified atom stereocenters. The number of ether oxygens (including phenoxy) is 1. The minimum Gasteiger partial charge on any atom is -0.459 e. The van der Waals surface area contributed by atoms with Crippen LogP contribution in [0.4, 0.5) is 0 Å². The van der Waals surface area contributed by atoms with E-state index >= 15 is 0 Å². The summed E-state index contributed by atoms with van der Waals surface area (Å²) in [6.45, 7) is 9.43. The van der Waals surface area contributed by atoms with Gasteiger partial charge in [0.25, 0.3) is 0 Å². The molecule has 0 saturated carbocycles. The van der Waals surface area contributed by atoms with Crippen molar-refractivity contribution in [3.63, 3.8) is 0 Å². The third-order valence-corrected chi connectivity index (χ3v) is 3.04. The van der Waals surface area contributed by atoms with Crippen molar-refractivity contribution in [2.45, 2.75) is 52.2 Å². The van der Waals surface area contributed by atoms with Crippen LogP contribution in [-0.2, 0) is 9.53 Å². The number of hydrogen-bond donors (Lipinski definition) is 2. The van der Waals surface area contributed by atoms with Crippen LogP contribution in [0.15, 0.2) is 0 Å². The Balaban J connectivity index is 2.61. The van der Waals surface area contributed by atoms with Crippen molar-refractivity contribution >= 4 is 5.97 Å². The van der Waals surface area contributed by atoms with Gasteiger partial charge in [-0.25, -0.2) is 0 Å². The zero-order valence-corrected chi connectivity index (χ0v) is 10.8. The second-order valence-electron chi connectivity index (χ2n) is 5.95. The smallest absolute Gasteiger partial charge is 0.324 e. The lowest BCUT2D eigenvalue weighted by Gasteiger charge is -2.38. The summed E-state index contributed by atoms with van der Waals surface area (Å²) in [5.74, 6) is -0.293. The van der Waals surface area contributed by atoms with Gasteiger partial charge in [0, 0.05) is 12.0 Å². The third kappa shape index (κ3) is 3.46. The molecule has 0 radical (unpaired) electrons. The van der Waals surface area contributed by atoms with Gasteiger partial charge in [-0.3, -0.25) is 4.79 Å². The Hall–Kier alpha value is -0.610. The highest BCUT2D eigenvalue weighted by molar-refractivity contribution is 5.77. The molecule has 2 atom stereocenters. The molecule has 1 saturated heterocycles. The van der Waals surface area contributed by atoms with Gasteiger partial charge in [-0.05, 0) is 40.2 Å². The van der Waals surface area contributed by atoms with Gasteiger partial charge in [-0.1, -0.05) is 6.92 Å². The van der Waals surface area contributed by atoms with E-state index in [0.717, 1.165) is 25.9 Å². The van der Waals surface area contributed by atoms with Crippen molar-refractivity contribution in [2.75, 3.05) is 13.1 Å². The van der Waals surface area contributed by atoms with Crippen molar-refractivity contribution in [3.05, 3.63) is 0 Å². The third-order valence-electron chi connectivity index (χ3n) is 3.04. The number of piperidine rings is 1. The van der Waals surface area contributed by atoms with Gasteiger partial charge in [0.2, 0.25) is 0 Å². The average molecular weight is 228 g/mol. The van der Waals surface area contributed by atoms with Crippen molar-refractivity contribution in [2.24, 2.45) is 11.1 Å². The zero-order chi connectivity index (χ0) is 12.4. The molecule has 1 fully saturated rings. The maximum absolute atomic E-state index is 11.9. The predicted octanol–water partition coefficient (Wildman–Crippen LogP) is 1.05. The lowest BCUT2D eigenvalue weighted by Crippen LogP contribution is -2.54. The topological polar surface area (TPSA) is 64.3 Å². The SMILES string of the molecule is CC(C)(C)OC(=O)[C@H](N)[C@]1(C)CCCNC1. The number of nitrogens with two attached hydrogens (primary N) is 1. The van der Waals surface area contributed by atoms with E-state index in [1.165, 1.54) is 0 Å². The standard InChI is InChI=1S/C12H24N2O2/c1-11(2,3)16-10(15)9(13)12(4)6-5-7-14-8-12/h9,14H,5-8,13H2,1-4H3/t9-,12+/m0/s1. The van der Waals surface area contributed by atoms with Crippen molar-refractivity contribution in [1.29, 1.82) is 0 Å². The molecule has 0 aromatic rings. The van der Waals surface area contributed by atoms with E-state index in [0.29, 0.717) is 0 Å². The van der Waals surface area contributed by atoms with Gasteiger partial charge in [-0.15, -0.1) is 0 Å². The molecule has 0 spiro atoms. The number of esters is 1. The number of rotatable bonds is 2. The van der Waals surface area contributed by atoms with Gasteiger partial charge in [-0.2, -0.15) is 0 Å². The molecule has 94 valence electrons. The Labute approximate surface area is 97.9 Å². The minimum atomic E-state index is -0.542. The highest BCUT2D eigenvalue weighted by Gasteiger charge is 2.39. The van der Waals surface area contributed by atoms with Crippen molar-refractivity contribution in [3.8, 4) is 0 Å². The van der Waals surface area contributed by atoms with Crippen LogP contribution in [0.2, 0.25) is 0 Å². The Morgan fingerprint density at radius 3 is 2.56 bits per heavy atom. The summed E-state index contributed by atoms with van der Waals surface area (Å²) in [5.41, 5.74) is 5.37. The molecule has 0 amide bonds. The second-order valence-corrected chi connectivity index (χ2v) is 5.95. The van der Waals surface area contributed by atoms with Gasteiger partial charge < -0.3 is 15.8 Å². The molecule has 1 heterocycles. The lowest BCUT2D eigenvalue weighted by atomic mass is 9.76. The van der Waals surface area contributed by atoms with Crippen molar-refractivity contribution < 1.29 is 9.53 Å². The summed E-state index contributed by atoms with van der Waals surface area (Å²) < 4.78 is 5.33. The van der Waals surface area contributed by atoms with Crippen LogP contribution < -0.4 is 11.1 Å². The first-order valence-electron chi connectivity index (χ1n) is 5.94. The van der Waals surface area contributed by atoms with Gasteiger partial charge >= 0.3 is 5.97 Å². The highest BCUT2D eigenvalue weighted by atomic mass is 16.6. The number of hydrogen-bond acceptors (Lipinski definition) is 4. The van der Waals surface area contributed by atoms with E-state index in [2.05, 4.69) is 5.32 Å². The van der Waals surface area contributed by atoms with E-state index < -0.39 is 11.6 Å². The Morgan fingerprint density at radius 2 is 2.12 bits per heavy atom. The summed E-state index contributed by atoms with van der Waals surface area (Å²) in [4.78, 5) is 11.9. The number of nitrogens with one attached hydrogen (secondary N) is 1. The quantitative estimate of drug-likeness (QED) is 0.693.